The zero-order valence-electron chi connectivity index (χ0n) is 15.2. The van der Waals surface area contributed by atoms with Gasteiger partial charge in [-0.1, -0.05) is 0 Å². The molecule has 0 aromatic heterocycles. The van der Waals surface area contributed by atoms with Gasteiger partial charge in [0.1, 0.15) is 0 Å². The van der Waals surface area contributed by atoms with Crippen LogP contribution in [0.1, 0.15) is 24.0 Å². The van der Waals surface area contributed by atoms with Crippen LogP contribution >= 0.6 is 0 Å². The Labute approximate surface area is 186 Å². The van der Waals surface area contributed by atoms with Gasteiger partial charge in [-0.25, -0.2) is 0 Å². The van der Waals surface area contributed by atoms with E-state index >= 15 is 0 Å². The van der Waals surface area contributed by atoms with Gasteiger partial charge >= 0.3 is 163 Å². The summed E-state index contributed by atoms with van der Waals surface area (Å²) in [4.78, 5) is 0. The molecule has 4 rings (SSSR count). The normalized spacial score (nSPS) is 14.8. The maximum Gasteiger partial charge on any atom is -1.00 e. The quantitative estimate of drug-likeness (QED) is 0.555. The van der Waals surface area contributed by atoms with Crippen LogP contribution in [0.3, 0.4) is 0 Å². The Bertz CT molecular complexity index is 788. The van der Waals surface area contributed by atoms with Crippen molar-refractivity contribution in [2.75, 3.05) is 0 Å². The molecule has 0 bridgehead atoms. The third kappa shape index (κ3) is 5.92. The maximum absolute atomic E-state index is 2.38. The van der Waals surface area contributed by atoms with Gasteiger partial charge in [0.05, 0.1) is 0 Å². The fraction of sp³-hybridized carbons (Fsp3) is 0.167. The molecule has 2 aliphatic rings. The van der Waals surface area contributed by atoms with Crippen molar-refractivity contribution in [3.8, 4) is 0 Å². The minimum atomic E-state index is -0.655. The van der Waals surface area contributed by atoms with Crippen molar-refractivity contribution in [3.63, 3.8) is 0 Å². The van der Waals surface area contributed by atoms with Gasteiger partial charge in [-0.2, -0.15) is 0 Å². The van der Waals surface area contributed by atoms with Crippen LogP contribution in [0.4, 0.5) is 0 Å². The standard InChI is InChI=1S/2C12H11.2ClH.Zr/c2*1-2-6-11(7-3-1)10-12-8-4-5-9-12;;;/h2*1-4,6-8H,5,10H2;2*1H;/q;;;;+2/p-2. The minimum Gasteiger partial charge on any atom is -1.00 e. The molecule has 0 radical (unpaired) electrons. The summed E-state index contributed by atoms with van der Waals surface area (Å²) in [5.74, 6) is 0. The number of halogens is 2. The van der Waals surface area contributed by atoms with E-state index < -0.39 is 23.2 Å². The Hall–Kier alpha value is -1.14. The van der Waals surface area contributed by atoms with Gasteiger partial charge in [0.2, 0.25) is 0 Å². The van der Waals surface area contributed by atoms with E-state index in [0.29, 0.717) is 0 Å². The molecular formula is C24H22Cl2Zr. The molecule has 0 nitrogen and oxygen atoms in total. The first kappa shape index (κ1) is 22.2. The van der Waals surface area contributed by atoms with Crippen LogP contribution in [0.15, 0.2) is 103 Å². The Morgan fingerprint density at radius 1 is 0.593 bits per heavy atom. The largest absolute Gasteiger partial charge is 1.00 e. The SMILES string of the molecule is C1=CC(Cc2ccccc2)=[C]([Zr+2][C]2=C(Cc3ccccc3)C=CC2)C1.[Cl-].[Cl-]. The van der Waals surface area contributed by atoms with Crippen LogP contribution in [-0.2, 0) is 36.1 Å². The number of hydrogen-bond donors (Lipinski definition) is 0. The second kappa shape index (κ2) is 11.0. The Morgan fingerprint density at radius 2 is 1.00 bits per heavy atom. The third-order valence-electron chi connectivity index (χ3n) is 4.83. The van der Waals surface area contributed by atoms with Crippen LogP contribution in [0.25, 0.3) is 0 Å². The second-order valence-corrected chi connectivity index (χ2v) is 10.3. The summed E-state index contributed by atoms with van der Waals surface area (Å²) in [7, 11) is 0. The number of rotatable bonds is 6. The van der Waals surface area contributed by atoms with E-state index in [2.05, 4.69) is 85.0 Å². The summed E-state index contributed by atoms with van der Waals surface area (Å²) in [6, 6.07) is 21.8. The minimum absolute atomic E-state index is 0. The van der Waals surface area contributed by atoms with Crippen molar-refractivity contribution in [1.29, 1.82) is 0 Å². The molecule has 2 aromatic carbocycles. The van der Waals surface area contributed by atoms with Crippen LogP contribution in [0.5, 0.6) is 0 Å². The number of hydrogen-bond acceptors (Lipinski definition) is 0. The Morgan fingerprint density at radius 3 is 1.41 bits per heavy atom. The molecular weight excluding hydrogens is 450 g/mol. The molecule has 0 amide bonds. The van der Waals surface area contributed by atoms with E-state index in [-0.39, 0.29) is 24.8 Å². The molecule has 0 unspecified atom stereocenters. The summed E-state index contributed by atoms with van der Waals surface area (Å²) in [5, 5.41) is 0. The molecule has 0 saturated heterocycles. The zero-order chi connectivity index (χ0) is 16.9. The van der Waals surface area contributed by atoms with Gasteiger partial charge < -0.3 is 24.8 Å². The molecule has 2 aliphatic carbocycles. The molecule has 0 aliphatic heterocycles. The smallest absolute Gasteiger partial charge is 1.00 e. The molecule has 0 spiro atoms. The van der Waals surface area contributed by atoms with Crippen molar-refractivity contribution in [1.82, 2.24) is 0 Å². The van der Waals surface area contributed by atoms with Crippen molar-refractivity contribution in [2.24, 2.45) is 0 Å². The van der Waals surface area contributed by atoms with E-state index in [9.17, 15) is 0 Å². The zero-order valence-corrected chi connectivity index (χ0v) is 19.1. The summed E-state index contributed by atoms with van der Waals surface area (Å²) in [5.41, 5.74) is 6.06. The van der Waals surface area contributed by atoms with E-state index in [0.717, 1.165) is 12.8 Å². The predicted molar refractivity (Wildman–Crippen MR) is 102 cm³/mol. The number of allylic oxidation sites excluding steroid dienone is 8. The topological polar surface area (TPSA) is 0 Å². The van der Waals surface area contributed by atoms with Gasteiger partial charge in [-0.05, 0) is 0 Å². The molecule has 0 atom stereocenters. The molecule has 0 N–H and O–H groups in total. The maximum atomic E-state index is 2.38. The van der Waals surface area contributed by atoms with E-state index in [1.54, 1.807) is 17.7 Å². The summed E-state index contributed by atoms with van der Waals surface area (Å²) >= 11 is -0.655. The van der Waals surface area contributed by atoms with Crippen LogP contribution in [0, 0.1) is 0 Å². The second-order valence-electron chi connectivity index (χ2n) is 6.67. The summed E-state index contributed by atoms with van der Waals surface area (Å²) in [6.07, 6.45) is 14.1. The molecule has 27 heavy (non-hydrogen) atoms. The Kier molecular flexibility index (Phi) is 9.03. The third-order valence-corrected chi connectivity index (χ3v) is 8.90. The van der Waals surface area contributed by atoms with E-state index in [1.807, 2.05) is 0 Å². The van der Waals surface area contributed by atoms with E-state index in [4.69, 9.17) is 0 Å². The predicted octanol–water partition coefficient (Wildman–Crippen LogP) is -0.00970. The van der Waals surface area contributed by atoms with Crippen molar-refractivity contribution >= 4 is 0 Å². The van der Waals surface area contributed by atoms with Crippen LogP contribution < -0.4 is 24.8 Å². The van der Waals surface area contributed by atoms with E-state index in [1.165, 1.54) is 24.0 Å². The van der Waals surface area contributed by atoms with Gasteiger partial charge in [-0.15, -0.1) is 0 Å². The molecule has 3 heteroatoms. The first-order valence-electron chi connectivity index (χ1n) is 9.00. The molecule has 2 aromatic rings. The fourth-order valence-electron chi connectivity index (χ4n) is 3.51. The van der Waals surface area contributed by atoms with Gasteiger partial charge in [0.15, 0.2) is 0 Å². The molecule has 0 heterocycles. The molecule has 0 fully saturated rings. The monoisotopic (exact) mass is 470 g/mol. The fourth-order valence-corrected chi connectivity index (χ4v) is 7.12. The van der Waals surface area contributed by atoms with Crippen LogP contribution in [0.2, 0.25) is 0 Å². The van der Waals surface area contributed by atoms with Crippen molar-refractivity contribution < 1.29 is 48.0 Å². The van der Waals surface area contributed by atoms with Crippen molar-refractivity contribution in [3.05, 3.63) is 114 Å². The average molecular weight is 473 g/mol. The first-order valence-corrected chi connectivity index (χ1v) is 11.5. The summed E-state index contributed by atoms with van der Waals surface area (Å²) in [6.45, 7) is 0. The van der Waals surface area contributed by atoms with Crippen molar-refractivity contribution in [2.45, 2.75) is 25.7 Å². The molecule has 0 saturated carbocycles. The Balaban J connectivity index is 0.00000131. The van der Waals surface area contributed by atoms with Gasteiger partial charge in [-0.3, -0.25) is 0 Å². The van der Waals surface area contributed by atoms with Gasteiger partial charge in [0, 0.05) is 0 Å². The van der Waals surface area contributed by atoms with Crippen LogP contribution in [-0.4, -0.2) is 0 Å². The summed E-state index contributed by atoms with van der Waals surface area (Å²) < 4.78 is 3.55. The first-order chi connectivity index (χ1) is 12.4. The molecule has 136 valence electrons. The average Bonchev–Trinajstić information content (AvgIpc) is 3.27. The number of benzene rings is 2. The van der Waals surface area contributed by atoms with Gasteiger partial charge in [0.25, 0.3) is 0 Å².